The molecule has 1 saturated heterocycles. The largest absolute Gasteiger partial charge is 0.497 e. The summed E-state index contributed by atoms with van der Waals surface area (Å²) < 4.78 is 16.7. The standard InChI is InChI=1S/C18H27NO4/c1-18(2,3)11-17(20)19-9-10-22-13-16(12-19)23-15-7-5-14(21-4)6-8-15/h5-8,16H,9-13H2,1-4H3/t16-/m1/s1. The van der Waals surface area contributed by atoms with Crippen LogP contribution in [0.25, 0.3) is 0 Å². The first-order chi connectivity index (χ1) is 10.9. The second-order valence-corrected chi connectivity index (χ2v) is 7.07. The quantitative estimate of drug-likeness (QED) is 0.855. The summed E-state index contributed by atoms with van der Waals surface area (Å²) in [5.74, 6) is 1.70. The summed E-state index contributed by atoms with van der Waals surface area (Å²) in [6, 6.07) is 7.45. The number of hydrogen-bond donors (Lipinski definition) is 0. The Bertz CT molecular complexity index is 507. The average Bonchev–Trinajstić information content (AvgIpc) is 2.72. The molecule has 0 saturated carbocycles. The summed E-state index contributed by atoms with van der Waals surface area (Å²) in [6.45, 7) is 8.45. The minimum atomic E-state index is -0.158. The van der Waals surface area contributed by atoms with Gasteiger partial charge in [-0.15, -0.1) is 0 Å². The molecule has 0 aromatic heterocycles. The number of benzene rings is 1. The molecule has 0 aliphatic carbocycles. The van der Waals surface area contributed by atoms with Crippen molar-refractivity contribution >= 4 is 5.91 Å². The lowest BCUT2D eigenvalue weighted by molar-refractivity contribution is -0.133. The van der Waals surface area contributed by atoms with E-state index in [2.05, 4.69) is 20.8 Å². The average molecular weight is 321 g/mol. The summed E-state index contributed by atoms with van der Waals surface area (Å²) in [5.41, 5.74) is -0.0173. The van der Waals surface area contributed by atoms with Gasteiger partial charge in [0.25, 0.3) is 0 Å². The van der Waals surface area contributed by atoms with Crippen LogP contribution in [0.2, 0.25) is 0 Å². The van der Waals surface area contributed by atoms with Gasteiger partial charge >= 0.3 is 0 Å². The fourth-order valence-electron chi connectivity index (χ4n) is 2.49. The Morgan fingerprint density at radius 1 is 1.26 bits per heavy atom. The van der Waals surface area contributed by atoms with Gasteiger partial charge in [0.2, 0.25) is 5.91 Å². The highest BCUT2D eigenvalue weighted by Gasteiger charge is 2.26. The molecule has 1 heterocycles. The molecule has 1 amide bonds. The zero-order chi connectivity index (χ0) is 16.9. The van der Waals surface area contributed by atoms with Crippen molar-refractivity contribution in [2.45, 2.75) is 33.3 Å². The molecule has 5 heteroatoms. The predicted molar refractivity (Wildman–Crippen MR) is 88.9 cm³/mol. The molecule has 1 aliphatic rings. The summed E-state index contributed by atoms with van der Waals surface area (Å²) in [7, 11) is 1.63. The normalized spacial score (nSPS) is 19.1. The van der Waals surface area contributed by atoms with E-state index in [0.29, 0.717) is 32.7 Å². The van der Waals surface area contributed by atoms with Crippen LogP contribution >= 0.6 is 0 Å². The van der Waals surface area contributed by atoms with Crippen LogP contribution < -0.4 is 9.47 Å². The Balaban J connectivity index is 1.97. The molecule has 5 nitrogen and oxygen atoms in total. The van der Waals surface area contributed by atoms with E-state index in [-0.39, 0.29) is 17.4 Å². The lowest BCUT2D eigenvalue weighted by atomic mass is 9.91. The third-order valence-electron chi connectivity index (χ3n) is 3.63. The summed E-state index contributed by atoms with van der Waals surface area (Å²) in [4.78, 5) is 14.3. The Morgan fingerprint density at radius 2 is 1.91 bits per heavy atom. The van der Waals surface area contributed by atoms with Crippen molar-refractivity contribution in [2.75, 3.05) is 33.4 Å². The van der Waals surface area contributed by atoms with Gasteiger partial charge in [0.1, 0.15) is 17.6 Å². The van der Waals surface area contributed by atoms with Gasteiger partial charge in [0.05, 0.1) is 26.9 Å². The van der Waals surface area contributed by atoms with Crippen molar-refractivity contribution in [3.8, 4) is 11.5 Å². The van der Waals surface area contributed by atoms with Crippen molar-refractivity contribution in [3.05, 3.63) is 24.3 Å². The van der Waals surface area contributed by atoms with E-state index in [1.807, 2.05) is 29.2 Å². The van der Waals surface area contributed by atoms with E-state index in [4.69, 9.17) is 14.2 Å². The van der Waals surface area contributed by atoms with Crippen molar-refractivity contribution < 1.29 is 19.0 Å². The smallest absolute Gasteiger partial charge is 0.223 e. The van der Waals surface area contributed by atoms with Crippen molar-refractivity contribution in [1.82, 2.24) is 4.90 Å². The van der Waals surface area contributed by atoms with E-state index in [1.165, 1.54) is 0 Å². The van der Waals surface area contributed by atoms with Crippen LogP contribution in [0.4, 0.5) is 0 Å². The zero-order valence-electron chi connectivity index (χ0n) is 14.5. The van der Waals surface area contributed by atoms with Gasteiger partial charge in [-0.3, -0.25) is 4.79 Å². The number of amides is 1. The summed E-state index contributed by atoms with van der Waals surface area (Å²) >= 11 is 0. The molecule has 1 atom stereocenters. The molecule has 1 aliphatic heterocycles. The number of ether oxygens (including phenoxy) is 3. The van der Waals surface area contributed by atoms with E-state index >= 15 is 0 Å². The molecule has 2 rings (SSSR count). The maximum Gasteiger partial charge on any atom is 0.223 e. The minimum absolute atomic E-state index is 0.0173. The molecule has 0 N–H and O–H groups in total. The Kier molecular flexibility index (Phi) is 5.88. The molecule has 0 radical (unpaired) electrons. The molecule has 23 heavy (non-hydrogen) atoms. The molecule has 128 valence electrons. The summed E-state index contributed by atoms with van der Waals surface area (Å²) in [5, 5.41) is 0. The SMILES string of the molecule is COc1ccc(O[C@H]2COCCN(C(=O)CC(C)(C)C)C2)cc1. The van der Waals surface area contributed by atoms with Gasteiger partial charge in [-0.05, 0) is 29.7 Å². The Labute approximate surface area is 138 Å². The fourth-order valence-corrected chi connectivity index (χ4v) is 2.49. The van der Waals surface area contributed by atoms with Gasteiger partial charge in [0, 0.05) is 13.0 Å². The van der Waals surface area contributed by atoms with Gasteiger partial charge in [-0.1, -0.05) is 20.8 Å². The van der Waals surface area contributed by atoms with Crippen LogP contribution in [-0.2, 0) is 9.53 Å². The monoisotopic (exact) mass is 321 g/mol. The van der Waals surface area contributed by atoms with Crippen LogP contribution in [0.3, 0.4) is 0 Å². The van der Waals surface area contributed by atoms with Crippen LogP contribution in [0, 0.1) is 5.41 Å². The molecular weight excluding hydrogens is 294 g/mol. The molecular formula is C18H27NO4. The lowest BCUT2D eigenvalue weighted by Gasteiger charge is -2.27. The van der Waals surface area contributed by atoms with E-state index in [0.717, 1.165) is 11.5 Å². The highest BCUT2D eigenvalue weighted by molar-refractivity contribution is 5.76. The van der Waals surface area contributed by atoms with Crippen LogP contribution in [0.15, 0.2) is 24.3 Å². The van der Waals surface area contributed by atoms with Crippen LogP contribution in [0.5, 0.6) is 11.5 Å². The molecule has 1 aromatic rings. The first-order valence-corrected chi connectivity index (χ1v) is 8.03. The van der Waals surface area contributed by atoms with Crippen molar-refractivity contribution in [1.29, 1.82) is 0 Å². The molecule has 1 aromatic carbocycles. The topological polar surface area (TPSA) is 48.0 Å². The van der Waals surface area contributed by atoms with Gasteiger partial charge in [-0.25, -0.2) is 0 Å². The van der Waals surface area contributed by atoms with Gasteiger partial charge in [-0.2, -0.15) is 0 Å². The molecule has 0 bridgehead atoms. The second kappa shape index (κ2) is 7.68. The first-order valence-electron chi connectivity index (χ1n) is 8.03. The number of hydrogen-bond acceptors (Lipinski definition) is 4. The summed E-state index contributed by atoms with van der Waals surface area (Å²) in [6.07, 6.45) is 0.372. The van der Waals surface area contributed by atoms with E-state index in [9.17, 15) is 4.79 Å². The maximum atomic E-state index is 12.4. The van der Waals surface area contributed by atoms with E-state index in [1.54, 1.807) is 7.11 Å². The highest BCUT2D eigenvalue weighted by atomic mass is 16.5. The van der Waals surface area contributed by atoms with Gasteiger partial charge < -0.3 is 19.1 Å². The minimum Gasteiger partial charge on any atom is -0.497 e. The number of methoxy groups -OCH3 is 1. The van der Waals surface area contributed by atoms with Gasteiger partial charge in [0.15, 0.2) is 0 Å². The number of rotatable bonds is 4. The molecule has 0 spiro atoms. The van der Waals surface area contributed by atoms with Crippen molar-refractivity contribution in [2.24, 2.45) is 5.41 Å². The third kappa shape index (κ3) is 5.75. The Morgan fingerprint density at radius 3 is 2.52 bits per heavy atom. The molecule has 1 fully saturated rings. The number of carbonyl (C=O) groups is 1. The Hall–Kier alpha value is -1.75. The lowest BCUT2D eigenvalue weighted by Crippen LogP contribution is -2.41. The first kappa shape index (κ1) is 17.6. The number of nitrogens with zero attached hydrogens (tertiary/aromatic N) is 1. The predicted octanol–water partition coefficient (Wildman–Crippen LogP) is 2.74. The van der Waals surface area contributed by atoms with Crippen LogP contribution in [-0.4, -0.2) is 50.3 Å². The van der Waals surface area contributed by atoms with E-state index < -0.39 is 0 Å². The van der Waals surface area contributed by atoms with Crippen molar-refractivity contribution in [3.63, 3.8) is 0 Å². The zero-order valence-corrected chi connectivity index (χ0v) is 14.5. The van der Waals surface area contributed by atoms with Crippen LogP contribution in [0.1, 0.15) is 27.2 Å². The second-order valence-electron chi connectivity index (χ2n) is 7.07. The maximum absolute atomic E-state index is 12.4. The fraction of sp³-hybridized carbons (Fsp3) is 0.611. The number of carbonyl (C=O) groups excluding carboxylic acids is 1. The molecule has 0 unspecified atom stereocenters. The third-order valence-corrected chi connectivity index (χ3v) is 3.63. The highest BCUT2D eigenvalue weighted by Crippen LogP contribution is 2.22.